The molecule has 90 valence electrons. The molecule has 1 aliphatic carbocycles. The van der Waals surface area contributed by atoms with Crippen molar-refractivity contribution < 1.29 is 9.90 Å². The van der Waals surface area contributed by atoms with Gasteiger partial charge in [-0.3, -0.25) is 0 Å². The van der Waals surface area contributed by atoms with Gasteiger partial charge in [-0.2, -0.15) is 0 Å². The first-order valence-electron chi connectivity index (χ1n) is 5.84. The monoisotopic (exact) mass is 223 g/mol. The van der Waals surface area contributed by atoms with Crippen LogP contribution in [0.1, 0.15) is 46.5 Å². The number of carboxylic acid groups (broad SMARTS) is 1. The molecule has 2 unspecified atom stereocenters. The van der Waals surface area contributed by atoms with E-state index in [1.165, 1.54) is 0 Å². The molecule has 0 bridgehead atoms. The van der Waals surface area contributed by atoms with Crippen molar-refractivity contribution in [3.05, 3.63) is 0 Å². The maximum absolute atomic E-state index is 11.3. The Morgan fingerprint density at radius 2 is 2.06 bits per heavy atom. The summed E-state index contributed by atoms with van der Waals surface area (Å²) >= 11 is 0. The molecule has 16 heavy (non-hydrogen) atoms. The van der Waals surface area contributed by atoms with E-state index in [4.69, 9.17) is 6.42 Å². The van der Waals surface area contributed by atoms with Crippen LogP contribution in [0.5, 0.6) is 0 Å². The van der Waals surface area contributed by atoms with Crippen molar-refractivity contribution >= 4 is 6.09 Å². The fraction of sp³-hybridized carbons (Fsp3) is 0.769. The number of hydrogen-bond acceptors (Lipinski definition) is 1. The van der Waals surface area contributed by atoms with Crippen LogP contribution in [0, 0.1) is 18.3 Å². The van der Waals surface area contributed by atoms with Crippen LogP contribution < -0.4 is 0 Å². The Morgan fingerprint density at radius 1 is 1.44 bits per heavy atom. The number of rotatable bonds is 1. The minimum Gasteiger partial charge on any atom is -0.465 e. The van der Waals surface area contributed by atoms with Gasteiger partial charge in [0.1, 0.15) is 0 Å². The van der Waals surface area contributed by atoms with Gasteiger partial charge in [0.2, 0.25) is 0 Å². The quantitative estimate of drug-likeness (QED) is 0.694. The number of nitrogens with zero attached hydrogens (tertiary/aromatic N) is 1. The van der Waals surface area contributed by atoms with Crippen LogP contribution >= 0.6 is 0 Å². The Balaban J connectivity index is 2.80. The standard InChI is InChI=1S/C13H21NO2/c1-5-10-7-6-8-11(9-10)14(12(15)16)13(2,3)4/h1,10-11H,6-9H2,2-4H3,(H,15,16). The van der Waals surface area contributed by atoms with Gasteiger partial charge in [0.15, 0.2) is 0 Å². The van der Waals surface area contributed by atoms with Crippen molar-refractivity contribution in [3.63, 3.8) is 0 Å². The van der Waals surface area contributed by atoms with Gasteiger partial charge < -0.3 is 10.0 Å². The molecular weight excluding hydrogens is 202 g/mol. The highest BCUT2D eigenvalue weighted by molar-refractivity contribution is 5.66. The summed E-state index contributed by atoms with van der Waals surface area (Å²) in [6.07, 6.45) is 8.39. The minimum absolute atomic E-state index is 0.0762. The third-order valence-corrected chi connectivity index (χ3v) is 3.18. The zero-order chi connectivity index (χ0) is 12.3. The van der Waals surface area contributed by atoms with Crippen molar-refractivity contribution in [1.29, 1.82) is 0 Å². The Morgan fingerprint density at radius 3 is 2.50 bits per heavy atom. The molecule has 1 saturated carbocycles. The Kier molecular flexibility index (Phi) is 3.85. The van der Waals surface area contributed by atoms with Crippen LogP contribution in [-0.4, -0.2) is 27.7 Å². The van der Waals surface area contributed by atoms with Gasteiger partial charge in [0, 0.05) is 17.5 Å². The number of terminal acetylenes is 1. The first kappa shape index (κ1) is 12.9. The molecule has 1 amide bonds. The summed E-state index contributed by atoms with van der Waals surface area (Å²) in [5.74, 6) is 3.00. The van der Waals surface area contributed by atoms with E-state index < -0.39 is 6.09 Å². The third kappa shape index (κ3) is 2.91. The normalized spacial score (nSPS) is 25.9. The summed E-state index contributed by atoms with van der Waals surface area (Å²) < 4.78 is 0. The topological polar surface area (TPSA) is 40.5 Å². The molecule has 0 aromatic rings. The maximum atomic E-state index is 11.3. The van der Waals surface area contributed by atoms with Gasteiger partial charge in [-0.05, 0) is 40.0 Å². The van der Waals surface area contributed by atoms with Crippen LogP contribution in [0.4, 0.5) is 4.79 Å². The van der Waals surface area contributed by atoms with E-state index in [2.05, 4.69) is 5.92 Å². The molecule has 0 aromatic carbocycles. The molecular formula is C13H21NO2. The van der Waals surface area contributed by atoms with Crippen molar-refractivity contribution in [2.24, 2.45) is 5.92 Å². The summed E-state index contributed by atoms with van der Waals surface area (Å²) in [7, 11) is 0. The van der Waals surface area contributed by atoms with E-state index in [0.717, 1.165) is 25.7 Å². The fourth-order valence-corrected chi connectivity index (χ4v) is 2.54. The van der Waals surface area contributed by atoms with E-state index in [1.54, 1.807) is 4.90 Å². The van der Waals surface area contributed by atoms with Crippen LogP contribution in [0.3, 0.4) is 0 Å². The molecule has 1 rings (SSSR count). The summed E-state index contributed by atoms with van der Waals surface area (Å²) in [6, 6.07) is 0.0762. The summed E-state index contributed by atoms with van der Waals surface area (Å²) in [5, 5.41) is 9.29. The Labute approximate surface area is 97.8 Å². The lowest BCUT2D eigenvalue weighted by Crippen LogP contribution is -2.52. The summed E-state index contributed by atoms with van der Waals surface area (Å²) in [6.45, 7) is 5.79. The molecule has 0 heterocycles. The van der Waals surface area contributed by atoms with E-state index in [0.29, 0.717) is 0 Å². The lowest BCUT2D eigenvalue weighted by Gasteiger charge is -2.42. The zero-order valence-electron chi connectivity index (χ0n) is 10.4. The molecule has 0 saturated heterocycles. The van der Waals surface area contributed by atoms with Crippen molar-refractivity contribution in [3.8, 4) is 12.3 Å². The maximum Gasteiger partial charge on any atom is 0.407 e. The second-order valence-corrected chi connectivity index (χ2v) is 5.51. The lowest BCUT2D eigenvalue weighted by atomic mass is 9.84. The molecule has 0 spiro atoms. The average molecular weight is 223 g/mol. The van der Waals surface area contributed by atoms with Gasteiger partial charge in [-0.25, -0.2) is 4.79 Å². The SMILES string of the molecule is C#CC1CCCC(N(C(=O)O)C(C)(C)C)C1. The fourth-order valence-electron chi connectivity index (χ4n) is 2.54. The van der Waals surface area contributed by atoms with Gasteiger partial charge in [-0.15, -0.1) is 12.3 Å². The van der Waals surface area contributed by atoms with Crippen LogP contribution in [0.25, 0.3) is 0 Å². The van der Waals surface area contributed by atoms with Crippen LogP contribution in [0.2, 0.25) is 0 Å². The predicted octanol–water partition coefficient (Wildman–Crippen LogP) is 2.96. The Hall–Kier alpha value is -1.17. The van der Waals surface area contributed by atoms with Crippen molar-refractivity contribution in [2.45, 2.75) is 58.0 Å². The first-order chi connectivity index (χ1) is 7.36. The first-order valence-corrected chi connectivity index (χ1v) is 5.84. The van der Waals surface area contributed by atoms with E-state index in [1.807, 2.05) is 20.8 Å². The second-order valence-electron chi connectivity index (χ2n) is 5.51. The van der Waals surface area contributed by atoms with Gasteiger partial charge in [0.25, 0.3) is 0 Å². The van der Waals surface area contributed by atoms with Gasteiger partial charge in [0.05, 0.1) is 0 Å². The number of amides is 1. The summed E-state index contributed by atoms with van der Waals surface area (Å²) in [5.41, 5.74) is -0.354. The number of carbonyl (C=O) groups is 1. The molecule has 1 aliphatic rings. The van der Waals surface area contributed by atoms with Crippen molar-refractivity contribution in [2.75, 3.05) is 0 Å². The van der Waals surface area contributed by atoms with E-state index in [-0.39, 0.29) is 17.5 Å². The molecule has 1 N–H and O–H groups in total. The van der Waals surface area contributed by atoms with Crippen LogP contribution in [0.15, 0.2) is 0 Å². The molecule has 0 aliphatic heterocycles. The highest BCUT2D eigenvalue weighted by atomic mass is 16.4. The smallest absolute Gasteiger partial charge is 0.407 e. The molecule has 1 fully saturated rings. The highest BCUT2D eigenvalue weighted by Gasteiger charge is 2.35. The Bertz CT molecular complexity index is 298. The second kappa shape index (κ2) is 4.78. The molecule has 2 atom stereocenters. The van der Waals surface area contributed by atoms with E-state index in [9.17, 15) is 9.90 Å². The van der Waals surface area contributed by atoms with Gasteiger partial charge >= 0.3 is 6.09 Å². The van der Waals surface area contributed by atoms with Crippen molar-refractivity contribution in [1.82, 2.24) is 4.90 Å². The molecule has 3 nitrogen and oxygen atoms in total. The highest BCUT2D eigenvalue weighted by Crippen LogP contribution is 2.31. The molecule has 0 radical (unpaired) electrons. The zero-order valence-corrected chi connectivity index (χ0v) is 10.4. The third-order valence-electron chi connectivity index (χ3n) is 3.18. The van der Waals surface area contributed by atoms with E-state index >= 15 is 0 Å². The minimum atomic E-state index is -0.838. The van der Waals surface area contributed by atoms with Crippen LogP contribution in [-0.2, 0) is 0 Å². The average Bonchev–Trinajstić information content (AvgIpc) is 2.15. The lowest BCUT2D eigenvalue weighted by molar-refractivity contribution is 0.0521. The molecule has 0 aromatic heterocycles. The summed E-state index contributed by atoms with van der Waals surface area (Å²) in [4.78, 5) is 12.9. The largest absolute Gasteiger partial charge is 0.465 e. The van der Waals surface area contributed by atoms with Gasteiger partial charge in [-0.1, -0.05) is 6.42 Å². The predicted molar refractivity (Wildman–Crippen MR) is 64.2 cm³/mol. The molecule has 3 heteroatoms. The number of hydrogen-bond donors (Lipinski definition) is 1.